The van der Waals surface area contributed by atoms with Gasteiger partial charge in [0.15, 0.2) is 5.96 Å². The number of hydrogen-bond acceptors (Lipinski definition) is 3. The molecule has 0 saturated carbocycles. The number of carbonyl (C=O) groups is 1. The molecule has 164 valence electrons. The van der Waals surface area contributed by atoms with Crippen LogP contribution < -0.4 is 5.32 Å². The molecule has 1 aliphatic heterocycles. The Balaban J connectivity index is 0.00000420. The number of halogens is 1. The summed E-state index contributed by atoms with van der Waals surface area (Å²) in [7, 11) is 1.93. The number of nitrogens with one attached hydrogen (secondary N) is 1. The lowest BCUT2D eigenvalue weighted by atomic mass is 9.89. The van der Waals surface area contributed by atoms with Crippen molar-refractivity contribution in [1.29, 1.82) is 0 Å². The molecule has 1 amide bonds. The Bertz CT molecular complexity index is 622. The van der Waals surface area contributed by atoms with Gasteiger partial charge < -0.3 is 19.9 Å². The van der Waals surface area contributed by atoms with Crippen LogP contribution in [0, 0.1) is 5.92 Å². The molecule has 6 nitrogen and oxygen atoms in total. The van der Waals surface area contributed by atoms with Gasteiger partial charge in [-0.05, 0) is 39.2 Å². The molecule has 1 heterocycles. The van der Waals surface area contributed by atoms with Gasteiger partial charge in [-0.3, -0.25) is 9.79 Å². The van der Waals surface area contributed by atoms with Crippen LogP contribution in [0.15, 0.2) is 35.3 Å². The molecule has 0 radical (unpaired) electrons. The molecule has 2 atom stereocenters. The van der Waals surface area contributed by atoms with E-state index < -0.39 is 0 Å². The third kappa shape index (κ3) is 7.77. The van der Waals surface area contributed by atoms with Crippen LogP contribution in [-0.2, 0) is 9.53 Å². The van der Waals surface area contributed by atoms with Gasteiger partial charge in [0.05, 0.1) is 12.6 Å². The van der Waals surface area contributed by atoms with E-state index in [2.05, 4.69) is 29.6 Å². The Labute approximate surface area is 193 Å². The zero-order valence-corrected chi connectivity index (χ0v) is 20.6. The van der Waals surface area contributed by atoms with Gasteiger partial charge in [-0.1, -0.05) is 30.3 Å². The van der Waals surface area contributed by atoms with E-state index in [0.29, 0.717) is 19.0 Å². The maximum Gasteiger partial charge on any atom is 0.242 e. The average molecular weight is 516 g/mol. The minimum Gasteiger partial charge on any atom is -0.373 e. The maximum absolute atomic E-state index is 12.4. The Hall–Kier alpha value is -1.35. The van der Waals surface area contributed by atoms with Crippen LogP contribution in [0.25, 0.3) is 0 Å². The number of rotatable bonds is 8. The predicted molar refractivity (Wildman–Crippen MR) is 130 cm³/mol. The molecule has 1 N–H and O–H groups in total. The van der Waals surface area contributed by atoms with Crippen LogP contribution in [0.5, 0.6) is 0 Å². The van der Waals surface area contributed by atoms with Crippen LogP contribution in [0.1, 0.15) is 45.3 Å². The third-order valence-electron chi connectivity index (χ3n) is 5.23. The normalized spacial score (nSPS) is 19.2. The van der Waals surface area contributed by atoms with E-state index in [9.17, 15) is 4.79 Å². The van der Waals surface area contributed by atoms with Crippen LogP contribution in [-0.4, -0.2) is 68.0 Å². The topological polar surface area (TPSA) is 57.2 Å². The van der Waals surface area contributed by atoms with Gasteiger partial charge in [0, 0.05) is 45.8 Å². The number of benzene rings is 1. The molecule has 0 bridgehead atoms. The first-order valence-corrected chi connectivity index (χ1v) is 10.5. The molecule has 0 aromatic heterocycles. The third-order valence-corrected chi connectivity index (χ3v) is 5.23. The number of aliphatic imine (C=N–C) groups is 1. The van der Waals surface area contributed by atoms with Crippen LogP contribution in [0.4, 0.5) is 0 Å². The van der Waals surface area contributed by atoms with E-state index in [-0.39, 0.29) is 36.0 Å². The number of ether oxygens (including phenoxy) is 1. The fourth-order valence-corrected chi connectivity index (χ4v) is 3.67. The summed E-state index contributed by atoms with van der Waals surface area (Å²) in [5, 5.41) is 3.32. The van der Waals surface area contributed by atoms with Crippen molar-refractivity contribution in [2.24, 2.45) is 10.9 Å². The Morgan fingerprint density at radius 1 is 1.21 bits per heavy atom. The minimum atomic E-state index is 0. The standard InChI is InChI=1S/C22H36N4O2.HI/c1-5-23-22(25(4)17-20(27)26(6-2)7-3)24-16-19-14-11-15-28-21(19)18-12-9-8-10-13-18;/h8-10,12-13,19,21H,5-7,11,14-17H2,1-4H3,(H,23,24);1H. The number of nitrogens with zero attached hydrogens (tertiary/aromatic N) is 3. The molecule has 2 rings (SSSR count). The van der Waals surface area contributed by atoms with E-state index in [1.54, 1.807) is 0 Å². The smallest absolute Gasteiger partial charge is 0.242 e. The van der Waals surface area contributed by atoms with Crippen molar-refractivity contribution in [3.63, 3.8) is 0 Å². The van der Waals surface area contributed by atoms with Crippen LogP contribution in [0.2, 0.25) is 0 Å². The minimum absolute atomic E-state index is 0. The Kier molecular flexibility index (Phi) is 12.2. The van der Waals surface area contributed by atoms with Gasteiger partial charge >= 0.3 is 0 Å². The van der Waals surface area contributed by atoms with Gasteiger partial charge in [0.2, 0.25) is 5.91 Å². The summed E-state index contributed by atoms with van der Waals surface area (Å²) >= 11 is 0. The maximum atomic E-state index is 12.4. The van der Waals surface area contributed by atoms with Crippen molar-refractivity contribution < 1.29 is 9.53 Å². The van der Waals surface area contributed by atoms with E-state index in [0.717, 1.165) is 45.0 Å². The average Bonchev–Trinajstić information content (AvgIpc) is 2.72. The second-order valence-corrected chi connectivity index (χ2v) is 7.22. The van der Waals surface area contributed by atoms with Gasteiger partial charge in [0.25, 0.3) is 0 Å². The first-order chi connectivity index (χ1) is 13.6. The fourth-order valence-electron chi connectivity index (χ4n) is 3.67. The molecular weight excluding hydrogens is 479 g/mol. The molecule has 29 heavy (non-hydrogen) atoms. The lowest BCUT2D eigenvalue weighted by Crippen LogP contribution is -2.46. The summed E-state index contributed by atoms with van der Waals surface area (Å²) in [6, 6.07) is 10.4. The molecule has 1 saturated heterocycles. The largest absolute Gasteiger partial charge is 0.373 e. The summed E-state index contributed by atoms with van der Waals surface area (Å²) in [6.07, 6.45) is 2.25. The quantitative estimate of drug-likeness (QED) is 0.326. The van der Waals surface area contributed by atoms with Crippen molar-refractivity contribution in [2.75, 3.05) is 46.4 Å². The SMILES string of the molecule is CCNC(=NCC1CCCOC1c1ccccc1)N(C)CC(=O)N(CC)CC.I. The van der Waals surface area contributed by atoms with Gasteiger partial charge in [-0.2, -0.15) is 0 Å². The first kappa shape index (κ1) is 25.7. The summed E-state index contributed by atoms with van der Waals surface area (Å²) in [6.45, 7) is 10.1. The molecular formula is C22H37IN4O2. The fraction of sp³-hybridized carbons (Fsp3) is 0.636. The zero-order valence-electron chi connectivity index (χ0n) is 18.3. The zero-order chi connectivity index (χ0) is 20.4. The van der Waals surface area contributed by atoms with Gasteiger partial charge in [-0.25, -0.2) is 0 Å². The van der Waals surface area contributed by atoms with Crippen molar-refractivity contribution in [2.45, 2.75) is 39.7 Å². The molecule has 7 heteroatoms. The van der Waals surface area contributed by atoms with Gasteiger partial charge in [0.1, 0.15) is 0 Å². The highest BCUT2D eigenvalue weighted by molar-refractivity contribution is 14.0. The summed E-state index contributed by atoms with van der Waals surface area (Å²) < 4.78 is 6.09. The lowest BCUT2D eigenvalue weighted by molar-refractivity contribution is -0.131. The van der Waals surface area contributed by atoms with E-state index in [4.69, 9.17) is 9.73 Å². The van der Waals surface area contributed by atoms with Gasteiger partial charge in [-0.15, -0.1) is 24.0 Å². The molecule has 0 aliphatic carbocycles. The Morgan fingerprint density at radius 2 is 1.90 bits per heavy atom. The van der Waals surface area contributed by atoms with E-state index >= 15 is 0 Å². The first-order valence-electron chi connectivity index (χ1n) is 10.5. The van der Waals surface area contributed by atoms with Crippen LogP contribution >= 0.6 is 24.0 Å². The predicted octanol–water partition coefficient (Wildman–Crippen LogP) is 3.54. The number of carbonyl (C=O) groups excluding carboxylic acids is 1. The Morgan fingerprint density at radius 3 is 2.52 bits per heavy atom. The molecule has 1 fully saturated rings. The number of hydrogen-bond donors (Lipinski definition) is 1. The van der Waals surface area contributed by atoms with Crippen molar-refractivity contribution in [3.05, 3.63) is 35.9 Å². The van der Waals surface area contributed by atoms with Crippen molar-refractivity contribution in [1.82, 2.24) is 15.1 Å². The monoisotopic (exact) mass is 516 g/mol. The van der Waals surface area contributed by atoms with E-state index in [1.165, 1.54) is 5.56 Å². The number of amides is 1. The summed E-state index contributed by atoms with van der Waals surface area (Å²) in [5.41, 5.74) is 1.22. The molecule has 1 aromatic carbocycles. The highest BCUT2D eigenvalue weighted by Crippen LogP contribution is 2.33. The number of guanidine groups is 1. The highest BCUT2D eigenvalue weighted by Gasteiger charge is 2.27. The van der Waals surface area contributed by atoms with E-state index in [1.807, 2.05) is 43.7 Å². The second kappa shape index (κ2) is 13.8. The molecule has 1 aliphatic rings. The van der Waals surface area contributed by atoms with Crippen LogP contribution in [0.3, 0.4) is 0 Å². The highest BCUT2D eigenvalue weighted by atomic mass is 127. The van der Waals surface area contributed by atoms with Crippen molar-refractivity contribution in [3.8, 4) is 0 Å². The molecule has 0 spiro atoms. The number of likely N-dealkylation sites (N-methyl/N-ethyl adjacent to an activating group) is 2. The second-order valence-electron chi connectivity index (χ2n) is 7.22. The molecule has 2 unspecified atom stereocenters. The summed E-state index contributed by atoms with van der Waals surface area (Å²) in [5.74, 6) is 1.25. The molecule has 1 aromatic rings. The van der Waals surface area contributed by atoms with Crippen molar-refractivity contribution >= 4 is 35.8 Å². The summed E-state index contributed by atoms with van der Waals surface area (Å²) in [4.78, 5) is 21.1. The lowest BCUT2D eigenvalue weighted by Gasteiger charge is -2.32.